The average Bonchev–Trinajstić information content (AvgIpc) is 3.26. The van der Waals surface area contributed by atoms with E-state index in [4.69, 9.17) is 14.2 Å². The van der Waals surface area contributed by atoms with Crippen LogP contribution in [0.4, 0.5) is 4.79 Å². The van der Waals surface area contributed by atoms with E-state index in [0.29, 0.717) is 6.61 Å². The van der Waals surface area contributed by atoms with Crippen molar-refractivity contribution < 1.29 is 19.0 Å². The van der Waals surface area contributed by atoms with Crippen LogP contribution in [-0.2, 0) is 11.2 Å². The van der Waals surface area contributed by atoms with Gasteiger partial charge in [0.1, 0.15) is 24.1 Å². The van der Waals surface area contributed by atoms with Gasteiger partial charge < -0.3 is 19.2 Å². The number of amides is 1. The first kappa shape index (κ1) is 16.1. The number of hydrogen-bond donors (Lipinski definition) is 1. The lowest BCUT2D eigenvalue weighted by Crippen LogP contribution is -2.42. The number of fused-ring (bicyclic) bond motifs is 4. The molecule has 2 aromatic carbocycles. The largest absolute Gasteiger partial charge is 0.497 e. The average molecular weight is 364 g/mol. The second-order valence-electron chi connectivity index (χ2n) is 6.95. The Labute approximate surface area is 156 Å². The van der Waals surface area contributed by atoms with Crippen LogP contribution in [0.3, 0.4) is 0 Å². The zero-order chi connectivity index (χ0) is 18.5. The van der Waals surface area contributed by atoms with Crippen LogP contribution in [0.2, 0.25) is 0 Å². The summed E-state index contributed by atoms with van der Waals surface area (Å²) < 4.78 is 16.1. The van der Waals surface area contributed by atoms with Crippen molar-refractivity contribution in [1.82, 2.24) is 9.88 Å². The monoisotopic (exact) mass is 364 g/mol. The number of ether oxygens (including phenoxy) is 3. The van der Waals surface area contributed by atoms with Gasteiger partial charge in [0.2, 0.25) is 0 Å². The van der Waals surface area contributed by atoms with Crippen LogP contribution >= 0.6 is 0 Å². The minimum Gasteiger partial charge on any atom is -0.497 e. The summed E-state index contributed by atoms with van der Waals surface area (Å²) in [4.78, 5) is 17.9. The molecule has 1 amide bonds. The second-order valence-corrected chi connectivity index (χ2v) is 6.95. The normalized spacial score (nSPS) is 21.0. The zero-order valence-electron chi connectivity index (χ0n) is 15.2. The Hall–Kier alpha value is -3.15. The summed E-state index contributed by atoms with van der Waals surface area (Å²) in [5, 5.41) is 1.14. The predicted molar refractivity (Wildman–Crippen MR) is 100 cm³/mol. The van der Waals surface area contributed by atoms with E-state index in [0.717, 1.165) is 40.1 Å². The molecule has 0 radical (unpaired) electrons. The molecule has 6 heteroatoms. The molecule has 5 rings (SSSR count). The van der Waals surface area contributed by atoms with Gasteiger partial charge in [-0.25, -0.2) is 4.79 Å². The van der Waals surface area contributed by atoms with Crippen molar-refractivity contribution in [2.45, 2.75) is 18.5 Å². The number of benzene rings is 2. The van der Waals surface area contributed by atoms with Crippen LogP contribution < -0.4 is 9.47 Å². The van der Waals surface area contributed by atoms with Crippen molar-refractivity contribution in [3.05, 3.63) is 59.3 Å². The molecule has 3 aromatic rings. The molecule has 1 aromatic heterocycles. The van der Waals surface area contributed by atoms with Crippen molar-refractivity contribution in [3.8, 4) is 11.5 Å². The molecule has 2 aliphatic heterocycles. The number of carbonyl (C=O) groups is 1. The van der Waals surface area contributed by atoms with E-state index in [9.17, 15) is 4.79 Å². The molecule has 0 saturated carbocycles. The molecule has 0 aliphatic carbocycles. The third kappa shape index (κ3) is 2.36. The highest BCUT2D eigenvalue weighted by atomic mass is 16.6. The van der Waals surface area contributed by atoms with E-state index in [2.05, 4.69) is 11.1 Å². The van der Waals surface area contributed by atoms with E-state index in [1.165, 1.54) is 5.56 Å². The van der Waals surface area contributed by atoms with Crippen molar-refractivity contribution in [2.24, 2.45) is 0 Å². The van der Waals surface area contributed by atoms with Crippen LogP contribution in [0.5, 0.6) is 11.5 Å². The molecule has 27 heavy (non-hydrogen) atoms. The third-order valence-corrected chi connectivity index (χ3v) is 5.57. The number of rotatable bonds is 3. The Morgan fingerprint density at radius 3 is 2.56 bits per heavy atom. The summed E-state index contributed by atoms with van der Waals surface area (Å²) >= 11 is 0. The summed E-state index contributed by atoms with van der Waals surface area (Å²) in [5.74, 6) is 1.61. The summed E-state index contributed by atoms with van der Waals surface area (Å²) in [7, 11) is 3.32. The maximum Gasteiger partial charge on any atom is 0.411 e. The van der Waals surface area contributed by atoms with Gasteiger partial charge in [-0.1, -0.05) is 12.1 Å². The minimum absolute atomic E-state index is 0.0299. The first-order valence-electron chi connectivity index (χ1n) is 8.97. The molecule has 1 fully saturated rings. The Morgan fingerprint density at radius 2 is 1.81 bits per heavy atom. The van der Waals surface area contributed by atoms with Gasteiger partial charge in [0, 0.05) is 16.6 Å². The van der Waals surface area contributed by atoms with Crippen molar-refractivity contribution in [2.75, 3.05) is 20.8 Å². The fourth-order valence-electron chi connectivity index (χ4n) is 4.26. The summed E-state index contributed by atoms with van der Waals surface area (Å²) in [5.41, 5.74) is 4.34. The lowest BCUT2D eigenvalue weighted by molar-refractivity contribution is 0.147. The molecule has 3 heterocycles. The van der Waals surface area contributed by atoms with Gasteiger partial charge in [-0.2, -0.15) is 0 Å². The number of nitrogens with zero attached hydrogens (tertiary/aromatic N) is 1. The molecule has 138 valence electrons. The van der Waals surface area contributed by atoms with Crippen molar-refractivity contribution in [1.29, 1.82) is 0 Å². The molecule has 1 N–H and O–H groups in total. The van der Waals surface area contributed by atoms with E-state index in [-0.39, 0.29) is 18.2 Å². The number of H-pyrrole nitrogens is 1. The van der Waals surface area contributed by atoms with Crippen molar-refractivity contribution in [3.63, 3.8) is 0 Å². The number of aromatic amines is 1. The lowest BCUT2D eigenvalue weighted by Gasteiger charge is -2.35. The number of methoxy groups -OCH3 is 2. The number of cyclic esters (lactones) is 1. The van der Waals surface area contributed by atoms with Gasteiger partial charge in [-0.15, -0.1) is 0 Å². The highest BCUT2D eigenvalue weighted by Crippen LogP contribution is 2.43. The van der Waals surface area contributed by atoms with Crippen molar-refractivity contribution >= 4 is 17.0 Å². The minimum atomic E-state index is -0.261. The first-order valence-corrected chi connectivity index (χ1v) is 8.97. The molecule has 2 aliphatic rings. The predicted octanol–water partition coefficient (Wildman–Crippen LogP) is 3.65. The van der Waals surface area contributed by atoms with Crippen LogP contribution in [0, 0.1) is 0 Å². The summed E-state index contributed by atoms with van der Waals surface area (Å²) in [6.45, 7) is 0.418. The number of nitrogens with one attached hydrogen (secondary N) is 1. The fourth-order valence-corrected chi connectivity index (χ4v) is 4.26. The lowest BCUT2D eigenvalue weighted by atomic mass is 9.89. The van der Waals surface area contributed by atoms with Gasteiger partial charge in [0.05, 0.1) is 20.3 Å². The topological polar surface area (TPSA) is 63.8 Å². The molecular weight excluding hydrogens is 344 g/mol. The molecule has 2 atom stereocenters. The van der Waals surface area contributed by atoms with Crippen LogP contribution in [-0.4, -0.2) is 42.8 Å². The third-order valence-electron chi connectivity index (χ3n) is 5.57. The van der Waals surface area contributed by atoms with Crippen LogP contribution in [0.25, 0.3) is 10.9 Å². The molecule has 0 bridgehead atoms. The van der Waals surface area contributed by atoms with Gasteiger partial charge in [0.25, 0.3) is 0 Å². The zero-order valence-corrected chi connectivity index (χ0v) is 15.2. The van der Waals surface area contributed by atoms with E-state index < -0.39 is 0 Å². The maximum atomic E-state index is 12.5. The van der Waals surface area contributed by atoms with E-state index >= 15 is 0 Å². The smallest absolute Gasteiger partial charge is 0.411 e. The van der Waals surface area contributed by atoms with Crippen LogP contribution in [0.1, 0.15) is 22.9 Å². The van der Waals surface area contributed by atoms with Gasteiger partial charge in [-0.05, 0) is 47.9 Å². The quantitative estimate of drug-likeness (QED) is 0.770. The Morgan fingerprint density at radius 1 is 1.07 bits per heavy atom. The molecular formula is C21H20N2O4. The molecule has 6 nitrogen and oxygen atoms in total. The summed E-state index contributed by atoms with van der Waals surface area (Å²) in [6.07, 6.45) is 0.503. The second kappa shape index (κ2) is 5.94. The Bertz CT molecular complexity index is 1020. The maximum absolute atomic E-state index is 12.5. The molecule has 0 spiro atoms. The summed E-state index contributed by atoms with van der Waals surface area (Å²) in [6, 6.07) is 13.7. The van der Waals surface area contributed by atoms with Crippen LogP contribution in [0.15, 0.2) is 42.5 Å². The Balaban J connectivity index is 1.71. The Kier molecular flexibility index (Phi) is 3.53. The van der Waals surface area contributed by atoms with Gasteiger partial charge in [0.15, 0.2) is 0 Å². The van der Waals surface area contributed by atoms with E-state index in [1.807, 2.05) is 41.3 Å². The van der Waals surface area contributed by atoms with Gasteiger partial charge >= 0.3 is 6.09 Å². The van der Waals surface area contributed by atoms with Gasteiger partial charge in [-0.3, -0.25) is 4.90 Å². The molecule has 2 unspecified atom stereocenters. The highest BCUT2D eigenvalue weighted by molar-refractivity contribution is 5.87. The molecule has 1 saturated heterocycles. The highest BCUT2D eigenvalue weighted by Gasteiger charge is 2.45. The first-order chi connectivity index (χ1) is 13.2. The SMILES string of the molecule is COc1ccc(C2c3[nH]c4ccc(OC)cc4c3CC3COC(=O)N32)cc1. The standard InChI is InChI=1S/C21H20N2O4/c1-25-14-5-3-12(4-6-14)20-19-17(9-13-11-27-21(24)23(13)20)16-10-15(26-2)7-8-18(16)22-19/h3-8,10,13,20,22H,9,11H2,1-2H3. The number of aromatic nitrogens is 1. The number of hydrogen-bond acceptors (Lipinski definition) is 4. The fraction of sp³-hybridized carbons (Fsp3) is 0.286. The number of carbonyl (C=O) groups excluding carboxylic acids is 1. The van der Waals surface area contributed by atoms with E-state index in [1.54, 1.807) is 14.2 Å².